The second kappa shape index (κ2) is 9.25. The Morgan fingerprint density at radius 1 is 0.838 bits per heavy atom. The van der Waals surface area contributed by atoms with Crippen molar-refractivity contribution in [3.05, 3.63) is 118 Å². The molecule has 0 spiro atoms. The van der Waals surface area contributed by atoms with E-state index in [1.807, 2.05) is 18.2 Å². The maximum atomic E-state index is 7.17. The van der Waals surface area contributed by atoms with Gasteiger partial charge in [0.1, 0.15) is 5.60 Å². The SMILES string of the molecule is COc1nc2ccc(Br)cc2cc1[C@@]1(c2ccccc2)O[C@]1(CCN(C)C)c1cccc2ccccc12. The van der Waals surface area contributed by atoms with E-state index in [4.69, 9.17) is 14.5 Å². The van der Waals surface area contributed by atoms with Crippen LogP contribution in [0.25, 0.3) is 21.7 Å². The number of methoxy groups -OCH3 is 1. The summed E-state index contributed by atoms with van der Waals surface area (Å²) >= 11 is 3.63. The minimum absolute atomic E-state index is 0.589. The maximum absolute atomic E-state index is 7.17. The van der Waals surface area contributed by atoms with Gasteiger partial charge in [-0.15, -0.1) is 0 Å². The fourth-order valence-corrected chi connectivity index (χ4v) is 6.11. The first-order valence-corrected chi connectivity index (χ1v) is 13.3. The van der Waals surface area contributed by atoms with E-state index in [9.17, 15) is 0 Å². The molecule has 0 radical (unpaired) electrons. The van der Waals surface area contributed by atoms with Gasteiger partial charge >= 0.3 is 0 Å². The lowest BCUT2D eigenvalue weighted by Crippen LogP contribution is -2.29. The van der Waals surface area contributed by atoms with Crippen molar-refractivity contribution in [2.24, 2.45) is 0 Å². The molecule has 1 aliphatic rings. The van der Waals surface area contributed by atoms with Gasteiger partial charge in [0.25, 0.3) is 0 Å². The van der Waals surface area contributed by atoms with Crippen molar-refractivity contribution in [2.45, 2.75) is 17.6 Å². The van der Waals surface area contributed by atoms with Crippen molar-refractivity contribution in [1.82, 2.24) is 9.88 Å². The molecular weight excluding hydrogens is 524 g/mol. The second-order valence-electron chi connectivity index (χ2n) is 9.94. The molecule has 37 heavy (non-hydrogen) atoms. The van der Waals surface area contributed by atoms with Gasteiger partial charge in [-0.05, 0) is 66.7 Å². The lowest BCUT2D eigenvalue weighted by Gasteiger charge is -2.25. The van der Waals surface area contributed by atoms with E-state index in [2.05, 4.69) is 114 Å². The number of rotatable bonds is 7. The number of hydrogen-bond acceptors (Lipinski definition) is 4. The number of hydrogen-bond donors (Lipinski definition) is 0. The highest BCUT2D eigenvalue weighted by Crippen LogP contribution is 2.69. The lowest BCUT2D eigenvalue weighted by molar-refractivity contribution is 0.248. The van der Waals surface area contributed by atoms with Crippen molar-refractivity contribution >= 4 is 37.6 Å². The number of ether oxygens (including phenoxy) is 2. The highest BCUT2D eigenvalue weighted by atomic mass is 79.9. The molecule has 4 aromatic carbocycles. The van der Waals surface area contributed by atoms with Crippen LogP contribution in [0.5, 0.6) is 5.88 Å². The third-order valence-corrected chi connectivity index (χ3v) is 7.98. The van der Waals surface area contributed by atoms with E-state index in [-0.39, 0.29) is 0 Å². The van der Waals surface area contributed by atoms with E-state index in [0.717, 1.165) is 39.5 Å². The quantitative estimate of drug-likeness (QED) is 0.199. The minimum Gasteiger partial charge on any atom is -0.481 e. The molecule has 1 aliphatic heterocycles. The van der Waals surface area contributed by atoms with Gasteiger partial charge in [0.15, 0.2) is 5.60 Å². The van der Waals surface area contributed by atoms with Crippen molar-refractivity contribution < 1.29 is 9.47 Å². The molecule has 0 unspecified atom stereocenters. The zero-order chi connectivity index (χ0) is 25.6. The van der Waals surface area contributed by atoms with E-state index < -0.39 is 11.2 Å². The van der Waals surface area contributed by atoms with Gasteiger partial charge in [0.05, 0.1) is 18.2 Å². The van der Waals surface area contributed by atoms with Gasteiger partial charge in [-0.25, -0.2) is 4.98 Å². The molecule has 2 atom stereocenters. The second-order valence-corrected chi connectivity index (χ2v) is 10.9. The van der Waals surface area contributed by atoms with Crippen LogP contribution in [-0.4, -0.2) is 37.6 Å². The first-order chi connectivity index (χ1) is 18.0. The highest BCUT2D eigenvalue weighted by Gasteiger charge is 2.73. The van der Waals surface area contributed by atoms with Crippen LogP contribution in [0.3, 0.4) is 0 Å². The molecule has 0 saturated carbocycles. The number of epoxide rings is 1. The van der Waals surface area contributed by atoms with Crippen molar-refractivity contribution in [3.63, 3.8) is 0 Å². The number of nitrogens with zero attached hydrogens (tertiary/aromatic N) is 2. The van der Waals surface area contributed by atoms with Crippen molar-refractivity contribution in [2.75, 3.05) is 27.7 Å². The number of aromatic nitrogens is 1. The summed E-state index contributed by atoms with van der Waals surface area (Å²) in [5.41, 5.74) is 2.75. The first kappa shape index (κ1) is 24.1. The van der Waals surface area contributed by atoms with Crippen molar-refractivity contribution in [1.29, 1.82) is 0 Å². The topological polar surface area (TPSA) is 37.9 Å². The van der Waals surface area contributed by atoms with Gasteiger partial charge in [0.2, 0.25) is 5.88 Å². The Morgan fingerprint density at radius 2 is 1.59 bits per heavy atom. The largest absolute Gasteiger partial charge is 0.481 e. The smallest absolute Gasteiger partial charge is 0.220 e. The van der Waals surface area contributed by atoms with Crippen LogP contribution < -0.4 is 4.74 Å². The Balaban J connectivity index is 1.68. The molecule has 1 saturated heterocycles. The lowest BCUT2D eigenvalue weighted by atomic mass is 9.74. The number of fused-ring (bicyclic) bond motifs is 2. The van der Waals surface area contributed by atoms with Gasteiger partial charge < -0.3 is 14.4 Å². The standard InChI is InChI=1S/C32H29BrN2O2/c1-35(2)19-18-31(27-15-9-11-22-10-7-8-14-26(22)27)32(37-31,24-12-5-4-6-13-24)28-21-23-20-25(33)16-17-29(23)34-30(28)36-3/h4-17,20-21H,18-19H2,1-3H3/t31-,32-/m1/s1. The molecule has 0 N–H and O–H groups in total. The first-order valence-electron chi connectivity index (χ1n) is 12.5. The normalized spacial score (nSPS) is 21.0. The Hall–Kier alpha value is -3.25. The summed E-state index contributed by atoms with van der Waals surface area (Å²) in [6.07, 6.45) is 0.808. The molecule has 0 amide bonds. The summed E-state index contributed by atoms with van der Waals surface area (Å²) < 4.78 is 14.1. The third-order valence-electron chi connectivity index (χ3n) is 7.48. The number of halogens is 1. The van der Waals surface area contributed by atoms with Crippen molar-refractivity contribution in [3.8, 4) is 5.88 Å². The average molecular weight is 554 g/mol. The summed E-state index contributed by atoms with van der Waals surface area (Å²) in [6, 6.07) is 33.9. The molecule has 1 aromatic heterocycles. The Bertz CT molecular complexity index is 1600. The van der Waals surface area contributed by atoms with E-state index in [1.165, 1.54) is 16.3 Å². The molecule has 2 heterocycles. The van der Waals surface area contributed by atoms with Crippen LogP contribution in [0.4, 0.5) is 0 Å². The molecular formula is C32H29BrN2O2. The number of pyridine rings is 1. The predicted octanol–water partition coefficient (Wildman–Crippen LogP) is 7.28. The summed E-state index contributed by atoms with van der Waals surface area (Å²) in [6.45, 7) is 0.868. The molecule has 5 aromatic rings. The zero-order valence-electron chi connectivity index (χ0n) is 21.2. The Labute approximate surface area is 226 Å². The van der Waals surface area contributed by atoms with Crippen LogP contribution in [0.15, 0.2) is 102 Å². The van der Waals surface area contributed by atoms with E-state index >= 15 is 0 Å². The maximum Gasteiger partial charge on any atom is 0.220 e. The number of benzene rings is 4. The predicted molar refractivity (Wildman–Crippen MR) is 153 cm³/mol. The van der Waals surface area contributed by atoms with Crippen LogP contribution in [0.2, 0.25) is 0 Å². The fourth-order valence-electron chi connectivity index (χ4n) is 5.73. The average Bonchev–Trinajstić information content (AvgIpc) is 3.62. The van der Waals surface area contributed by atoms with Gasteiger partial charge in [0, 0.05) is 16.4 Å². The molecule has 4 nitrogen and oxygen atoms in total. The summed E-state index contributed by atoms with van der Waals surface area (Å²) in [7, 11) is 5.91. The van der Waals surface area contributed by atoms with Gasteiger partial charge in [-0.1, -0.05) is 88.7 Å². The highest BCUT2D eigenvalue weighted by molar-refractivity contribution is 9.10. The summed E-state index contributed by atoms with van der Waals surface area (Å²) in [4.78, 5) is 7.17. The third kappa shape index (κ3) is 3.84. The van der Waals surface area contributed by atoms with Crippen LogP contribution >= 0.6 is 15.9 Å². The van der Waals surface area contributed by atoms with E-state index in [1.54, 1.807) is 7.11 Å². The van der Waals surface area contributed by atoms with Crippen LogP contribution in [-0.2, 0) is 15.9 Å². The Kier molecular flexibility index (Phi) is 6.03. The molecule has 0 aliphatic carbocycles. The molecule has 5 heteroatoms. The van der Waals surface area contributed by atoms with Crippen LogP contribution in [0, 0.1) is 0 Å². The molecule has 1 fully saturated rings. The zero-order valence-corrected chi connectivity index (χ0v) is 22.8. The Morgan fingerprint density at radius 3 is 2.38 bits per heavy atom. The van der Waals surface area contributed by atoms with Gasteiger partial charge in [-0.2, -0.15) is 0 Å². The summed E-state index contributed by atoms with van der Waals surface area (Å²) in [5, 5.41) is 3.45. The fraction of sp³-hybridized carbons (Fsp3) is 0.219. The monoisotopic (exact) mass is 552 g/mol. The van der Waals surface area contributed by atoms with Crippen LogP contribution in [0.1, 0.15) is 23.1 Å². The molecule has 0 bridgehead atoms. The van der Waals surface area contributed by atoms with Gasteiger partial charge in [-0.3, -0.25) is 0 Å². The molecule has 186 valence electrons. The molecule has 6 rings (SSSR count). The minimum atomic E-state index is -0.761. The summed E-state index contributed by atoms with van der Waals surface area (Å²) in [5.74, 6) is 0.589. The van der Waals surface area contributed by atoms with E-state index in [0.29, 0.717) is 5.88 Å².